The zero-order valence-electron chi connectivity index (χ0n) is 46.3. The van der Waals surface area contributed by atoms with Gasteiger partial charge in [0.2, 0.25) is 0 Å². The summed E-state index contributed by atoms with van der Waals surface area (Å²) in [6.45, 7) is 20.3. The first-order valence-electron chi connectivity index (χ1n) is 26.0. The first kappa shape index (κ1) is 59.7. The van der Waals surface area contributed by atoms with E-state index >= 15 is 0 Å². The number of nitrogens with one attached hydrogen (secondary N) is 3. The maximum atomic E-state index is 12.4. The third-order valence-electron chi connectivity index (χ3n) is 13.0. The molecule has 5 N–H and O–H groups in total. The summed E-state index contributed by atoms with van der Waals surface area (Å²) in [5.41, 5.74) is 10.0. The number of ether oxygens (including phenoxy) is 6. The van der Waals surface area contributed by atoms with E-state index in [0.29, 0.717) is 56.3 Å². The zero-order valence-corrected chi connectivity index (χ0v) is 47.8. The molecular weight excluding hydrogens is 1050 g/mol. The molecule has 0 fully saturated rings. The van der Waals surface area contributed by atoms with E-state index in [1.807, 2.05) is 85.7 Å². The normalized spacial score (nSPS) is 13.9. The minimum absolute atomic E-state index is 0.0927. The molecule has 79 heavy (non-hydrogen) atoms. The highest BCUT2D eigenvalue weighted by Gasteiger charge is 2.31. The summed E-state index contributed by atoms with van der Waals surface area (Å²) >= 11 is 13.9. The SMILES string of the molecule is Cc1c(COc2cc(OCc3cncc(C=N)c3)c(CN[C@H](C(=O)O)[C@@H](C)OC(C)(C)C)cc2Cl)cccc1-c1cccc(COc2cc(OCc3cncc(C4=NC4)c3)c(CN[C@H](C(=O)O)[C@@H](C)OC(C)(C)C)cc2Cl)c1C. The van der Waals surface area contributed by atoms with E-state index in [1.165, 1.54) is 6.21 Å². The van der Waals surface area contributed by atoms with Gasteiger partial charge in [-0.1, -0.05) is 59.6 Å². The molecule has 0 aliphatic carbocycles. The number of benzene rings is 4. The molecule has 0 saturated carbocycles. The molecule has 4 aromatic carbocycles. The Balaban J connectivity index is 1.09. The van der Waals surface area contributed by atoms with Gasteiger partial charge in [0.1, 0.15) is 61.5 Å². The molecule has 4 atom stereocenters. The second kappa shape index (κ2) is 26.4. The molecule has 0 amide bonds. The summed E-state index contributed by atoms with van der Waals surface area (Å²) in [6.07, 6.45) is 6.65. The molecular formula is C61H70Cl2N6O10. The van der Waals surface area contributed by atoms with Crippen LogP contribution < -0.4 is 29.6 Å². The van der Waals surface area contributed by atoms with Crippen molar-refractivity contribution < 1.29 is 48.2 Å². The summed E-state index contributed by atoms with van der Waals surface area (Å²) in [5.74, 6) is -0.489. The van der Waals surface area contributed by atoms with Crippen molar-refractivity contribution in [2.45, 2.75) is 144 Å². The van der Waals surface area contributed by atoms with E-state index < -0.39 is 47.4 Å². The van der Waals surface area contributed by atoms with Crippen molar-refractivity contribution >= 4 is 47.1 Å². The highest BCUT2D eigenvalue weighted by molar-refractivity contribution is 6.32. The van der Waals surface area contributed by atoms with Crippen LogP contribution in [0.4, 0.5) is 0 Å². The smallest absolute Gasteiger partial charge is 0.323 e. The number of rotatable bonds is 27. The van der Waals surface area contributed by atoms with Crippen LogP contribution in [0, 0.1) is 19.3 Å². The molecule has 418 valence electrons. The predicted molar refractivity (Wildman–Crippen MR) is 306 cm³/mol. The molecule has 0 bridgehead atoms. The first-order chi connectivity index (χ1) is 37.5. The second-order valence-corrected chi connectivity index (χ2v) is 22.3. The molecule has 3 heterocycles. The summed E-state index contributed by atoms with van der Waals surface area (Å²) in [7, 11) is 0. The van der Waals surface area contributed by atoms with Crippen molar-refractivity contribution in [2.75, 3.05) is 6.54 Å². The van der Waals surface area contributed by atoms with Crippen LogP contribution in [0.1, 0.15) is 111 Å². The van der Waals surface area contributed by atoms with Crippen LogP contribution in [0.5, 0.6) is 23.0 Å². The lowest BCUT2D eigenvalue weighted by atomic mass is 9.92. The molecule has 0 saturated heterocycles. The third-order valence-corrected chi connectivity index (χ3v) is 13.6. The fourth-order valence-corrected chi connectivity index (χ4v) is 9.51. The van der Waals surface area contributed by atoms with Crippen molar-refractivity contribution in [1.29, 1.82) is 5.41 Å². The number of carboxylic acids is 2. The van der Waals surface area contributed by atoms with Gasteiger partial charge in [-0.25, -0.2) is 0 Å². The number of pyridine rings is 2. The average Bonchev–Trinajstić information content (AvgIpc) is 4.26. The van der Waals surface area contributed by atoms with Crippen LogP contribution in [0.3, 0.4) is 0 Å². The highest BCUT2D eigenvalue weighted by Crippen LogP contribution is 2.38. The molecule has 18 heteroatoms. The van der Waals surface area contributed by atoms with Crippen molar-refractivity contribution in [3.63, 3.8) is 0 Å². The maximum Gasteiger partial charge on any atom is 0.323 e. The first-order valence-corrected chi connectivity index (χ1v) is 26.8. The number of nitrogens with zero attached hydrogens (tertiary/aromatic N) is 3. The number of hydrogen-bond acceptors (Lipinski definition) is 14. The number of aliphatic carboxylic acids is 2. The lowest BCUT2D eigenvalue weighted by Gasteiger charge is -2.29. The van der Waals surface area contributed by atoms with Crippen molar-refractivity contribution in [3.05, 3.63) is 163 Å². The number of aliphatic imine (C=N–C) groups is 1. The average molecular weight is 1120 g/mol. The van der Waals surface area contributed by atoms with E-state index in [4.69, 9.17) is 57.0 Å². The summed E-state index contributed by atoms with van der Waals surface area (Å²) < 4.78 is 37.7. The van der Waals surface area contributed by atoms with Gasteiger partial charge in [0, 0.05) is 89.6 Å². The minimum atomic E-state index is -1.06. The molecule has 1 aliphatic heterocycles. The van der Waals surface area contributed by atoms with Crippen LogP contribution in [0.25, 0.3) is 11.1 Å². The minimum Gasteiger partial charge on any atom is -0.488 e. The van der Waals surface area contributed by atoms with Gasteiger partial charge in [0.15, 0.2) is 0 Å². The zero-order chi connectivity index (χ0) is 57.2. The van der Waals surface area contributed by atoms with Gasteiger partial charge in [-0.05, 0) is 127 Å². The number of halogens is 2. The molecule has 1 aliphatic rings. The number of carboxylic acid groups (broad SMARTS) is 2. The molecule has 6 aromatic rings. The molecule has 7 rings (SSSR count). The predicted octanol–water partition coefficient (Wildman–Crippen LogP) is 11.7. The van der Waals surface area contributed by atoms with Crippen LogP contribution in [-0.4, -0.2) is 86.1 Å². The summed E-state index contributed by atoms with van der Waals surface area (Å²) in [6, 6.07) is 20.7. The lowest BCUT2D eigenvalue weighted by molar-refractivity contribution is -0.148. The van der Waals surface area contributed by atoms with Gasteiger partial charge >= 0.3 is 11.9 Å². The number of hydrogen-bond donors (Lipinski definition) is 5. The van der Waals surface area contributed by atoms with Crippen LogP contribution in [0.2, 0.25) is 10.0 Å². The van der Waals surface area contributed by atoms with Gasteiger partial charge in [0.05, 0.1) is 45.7 Å². The van der Waals surface area contributed by atoms with Gasteiger partial charge in [-0.2, -0.15) is 0 Å². The summed E-state index contributed by atoms with van der Waals surface area (Å²) in [5, 5.41) is 34.9. The van der Waals surface area contributed by atoms with Crippen LogP contribution in [-0.2, 0) is 58.6 Å². The Morgan fingerprint density at radius 2 is 1.05 bits per heavy atom. The topological polar surface area (TPSA) is 216 Å². The molecule has 0 unspecified atom stereocenters. The highest BCUT2D eigenvalue weighted by atomic mass is 35.5. The fourth-order valence-electron chi connectivity index (χ4n) is 9.03. The van der Waals surface area contributed by atoms with Crippen molar-refractivity contribution in [1.82, 2.24) is 20.6 Å². The van der Waals surface area contributed by atoms with Crippen molar-refractivity contribution in [3.8, 4) is 34.1 Å². The Morgan fingerprint density at radius 1 is 0.620 bits per heavy atom. The Morgan fingerprint density at radius 3 is 1.47 bits per heavy atom. The quantitative estimate of drug-likeness (QED) is 0.0303. The maximum absolute atomic E-state index is 12.4. The van der Waals surface area contributed by atoms with Crippen LogP contribution in [0.15, 0.2) is 103 Å². The second-order valence-electron chi connectivity index (χ2n) is 21.5. The van der Waals surface area contributed by atoms with Crippen LogP contribution >= 0.6 is 23.2 Å². The molecule has 16 nitrogen and oxygen atoms in total. The fraction of sp³-hybridized carbons (Fsp3) is 0.377. The van der Waals surface area contributed by atoms with Crippen molar-refractivity contribution in [2.24, 2.45) is 4.99 Å². The van der Waals surface area contributed by atoms with E-state index in [-0.39, 0.29) is 39.5 Å². The number of carbonyl (C=O) groups is 2. The van der Waals surface area contributed by atoms with Gasteiger partial charge < -0.3 is 44.0 Å². The Hall–Kier alpha value is -6.92. The Labute approximate surface area is 472 Å². The molecule has 0 radical (unpaired) electrons. The van der Waals surface area contributed by atoms with Gasteiger partial charge in [-0.3, -0.25) is 35.2 Å². The molecule has 0 spiro atoms. The third kappa shape index (κ3) is 16.8. The number of aromatic nitrogens is 2. The Bertz CT molecular complexity index is 3190. The van der Waals surface area contributed by atoms with E-state index in [1.54, 1.807) is 69.0 Å². The van der Waals surface area contributed by atoms with E-state index in [9.17, 15) is 19.8 Å². The van der Waals surface area contributed by atoms with E-state index in [0.717, 1.165) is 55.8 Å². The largest absolute Gasteiger partial charge is 0.488 e. The van der Waals surface area contributed by atoms with Gasteiger partial charge in [-0.15, -0.1) is 0 Å². The standard InChI is InChI=1S/C61H70Cl2N6O10/c1-35-42(33-76-54-21-52(74-31-40-17-39(23-64)24-65-25-40)45(19-49(54)62)28-68-56(58(70)71)37(3)78-60(5,6)7)13-11-15-47(35)48-16-12-14-43(36(48)2)34-77-55-22-53(75-32-41-18-44(27-66-26-41)51-30-67-51)46(20-50(55)63)29-69-57(59(72)73)38(4)79-61(8,9)10/h11-27,37-38,56-57,64,68-69H,28-34H2,1-10H3,(H,70,71)(H,72,73)/t37-,38-,56+,57+/m1/s1. The monoisotopic (exact) mass is 1120 g/mol. The summed E-state index contributed by atoms with van der Waals surface area (Å²) in [4.78, 5) is 37.8. The molecule has 2 aromatic heterocycles. The lowest BCUT2D eigenvalue weighted by Crippen LogP contribution is -2.47. The van der Waals surface area contributed by atoms with E-state index in [2.05, 4.69) is 37.7 Å². The Kier molecular flexibility index (Phi) is 19.9. The van der Waals surface area contributed by atoms with Gasteiger partial charge in [0.25, 0.3) is 0 Å².